The molecule has 0 bridgehead atoms. The van der Waals surface area contributed by atoms with E-state index in [1.54, 1.807) is 0 Å². The van der Waals surface area contributed by atoms with Gasteiger partial charge in [-0.15, -0.1) is 11.8 Å². The number of rotatable bonds is 6. The van der Waals surface area contributed by atoms with Gasteiger partial charge in [0.2, 0.25) is 0 Å². The first-order valence-electron chi connectivity index (χ1n) is 8.93. The lowest BCUT2D eigenvalue weighted by molar-refractivity contribution is -0.139. The van der Waals surface area contributed by atoms with Crippen molar-refractivity contribution in [1.29, 1.82) is 0 Å². The molecule has 2 unspecified atom stereocenters. The van der Waals surface area contributed by atoms with Gasteiger partial charge < -0.3 is 15.2 Å². The molecule has 27 heavy (non-hydrogen) atoms. The van der Waals surface area contributed by atoms with Crippen LogP contribution in [-0.2, 0) is 4.79 Å². The average Bonchev–Trinajstić information content (AvgIpc) is 2.94. The van der Waals surface area contributed by atoms with Crippen molar-refractivity contribution in [2.75, 3.05) is 13.2 Å². The molecular weight excluding hydrogens is 364 g/mol. The summed E-state index contributed by atoms with van der Waals surface area (Å²) in [5.74, 6) is -0.562. The average molecular weight is 388 g/mol. The molecule has 1 saturated heterocycles. The van der Waals surface area contributed by atoms with Gasteiger partial charge in [0.05, 0.1) is 17.5 Å². The molecule has 7 heteroatoms. The third-order valence-corrected chi connectivity index (χ3v) is 6.04. The molecule has 0 spiro atoms. The zero-order valence-corrected chi connectivity index (χ0v) is 16.4. The van der Waals surface area contributed by atoms with Crippen LogP contribution in [0.15, 0.2) is 36.4 Å². The lowest BCUT2D eigenvalue weighted by atomic mass is 10.0. The van der Waals surface area contributed by atoms with Crippen molar-refractivity contribution in [2.45, 2.75) is 36.9 Å². The Morgan fingerprint density at radius 1 is 1.26 bits per heavy atom. The smallest absolute Gasteiger partial charge is 0.322 e. The number of carboxylic acid groups (broad SMARTS) is 1. The second kappa shape index (κ2) is 7.78. The normalized spacial score (nSPS) is 21.1. The number of amides is 1. The Kier molecular flexibility index (Phi) is 5.62. The van der Waals surface area contributed by atoms with Crippen molar-refractivity contribution < 1.29 is 19.4 Å². The van der Waals surface area contributed by atoms with Gasteiger partial charge in [-0.25, -0.2) is 0 Å². The summed E-state index contributed by atoms with van der Waals surface area (Å²) in [7, 11) is 0. The van der Waals surface area contributed by atoms with E-state index in [0.717, 1.165) is 10.8 Å². The number of ether oxygens (including phenoxy) is 1. The Labute approximate surface area is 162 Å². The standard InChI is InChI=1S/C20H24N2O4S/c1-4-26-14-10-9-12-7-5-6-8-13(12)16(14)18(23)21-11-15-22-17(19(24)25)20(2,3)27-15/h5-10,15,17,22H,4,11H2,1-3H3,(H,21,23)(H,24,25). The van der Waals surface area contributed by atoms with Gasteiger partial charge in [0.25, 0.3) is 5.91 Å². The maximum Gasteiger partial charge on any atom is 0.322 e. The summed E-state index contributed by atoms with van der Waals surface area (Å²) in [5, 5.41) is 17.0. The number of carbonyl (C=O) groups excluding carboxylic acids is 1. The molecule has 2 aromatic carbocycles. The van der Waals surface area contributed by atoms with Crippen LogP contribution in [0.4, 0.5) is 0 Å². The first-order valence-corrected chi connectivity index (χ1v) is 9.81. The number of carboxylic acids is 1. The number of hydrogen-bond donors (Lipinski definition) is 3. The molecule has 1 aliphatic rings. The van der Waals surface area contributed by atoms with E-state index in [1.807, 2.05) is 57.2 Å². The van der Waals surface area contributed by atoms with Gasteiger partial charge in [-0.3, -0.25) is 14.9 Å². The molecule has 1 fully saturated rings. The second-order valence-electron chi connectivity index (χ2n) is 6.95. The van der Waals surface area contributed by atoms with Crippen LogP contribution >= 0.6 is 11.8 Å². The molecule has 0 radical (unpaired) electrons. The highest BCUT2D eigenvalue weighted by molar-refractivity contribution is 8.01. The zero-order chi connectivity index (χ0) is 19.6. The summed E-state index contributed by atoms with van der Waals surface area (Å²) in [6.07, 6.45) is 0. The molecule has 0 saturated carbocycles. The SMILES string of the molecule is CCOc1ccc2ccccc2c1C(=O)NCC1NC(C(=O)O)C(C)(C)S1. The highest BCUT2D eigenvalue weighted by Crippen LogP contribution is 2.37. The van der Waals surface area contributed by atoms with Gasteiger partial charge in [-0.1, -0.05) is 30.3 Å². The molecule has 144 valence electrons. The minimum absolute atomic E-state index is 0.171. The molecule has 2 atom stereocenters. The Morgan fingerprint density at radius 2 is 2.00 bits per heavy atom. The van der Waals surface area contributed by atoms with Crippen LogP contribution in [0.1, 0.15) is 31.1 Å². The third-order valence-electron chi connectivity index (χ3n) is 4.61. The van der Waals surface area contributed by atoms with E-state index < -0.39 is 16.8 Å². The van der Waals surface area contributed by atoms with E-state index in [-0.39, 0.29) is 11.3 Å². The van der Waals surface area contributed by atoms with Crippen molar-refractivity contribution in [3.8, 4) is 5.75 Å². The monoisotopic (exact) mass is 388 g/mol. The summed E-state index contributed by atoms with van der Waals surface area (Å²) >= 11 is 1.52. The highest BCUT2D eigenvalue weighted by atomic mass is 32.2. The predicted octanol–water partition coefficient (Wildman–Crippen LogP) is 2.86. The van der Waals surface area contributed by atoms with Gasteiger partial charge in [0.15, 0.2) is 0 Å². The third kappa shape index (κ3) is 4.04. The van der Waals surface area contributed by atoms with Crippen LogP contribution in [0.5, 0.6) is 5.75 Å². The van der Waals surface area contributed by atoms with Gasteiger partial charge in [-0.05, 0) is 37.6 Å². The summed E-state index contributed by atoms with van der Waals surface area (Å²) in [6, 6.07) is 10.8. The number of thioether (sulfide) groups is 1. The maximum absolute atomic E-state index is 12.9. The summed E-state index contributed by atoms with van der Waals surface area (Å²) in [5.41, 5.74) is 0.506. The van der Waals surface area contributed by atoms with Gasteiger partial charge in [0, 0.05) is 11.3 Å². The number of aliphatic carboxylic acids is 1. The Balaban J connectivity index is 1.79. The zero-order valence-electron chi connectivity index (χ0n) is 15.6. The van der Waals surface area contributed by atoms with Crippen molar-refractivity contribution in [3.63, 3.8) is 0 Å². The highest BCUT2D eigenvalue weighted by Gasteiger charge is 2.45. The lowest BCUT2D eigenvalue weighted by Crippen LogP contribution is -2.46. The molecule has 1 amide bonds. The van der Waals surface area contributed by atoms with Crippen molar-refractivity contribution in [2.24, 2.45) is 0 Å². The fourth-order valence-corrected chi connectivity index (χ4v) is 4.77. The van der Waals surface area contributed by atoms with Crippen LogP contribution in [0.3, 0.4) is 0 Å². The first kappa shape index (κ1) is 19.5. The summed E-state index contributed by atoms with van der Waals surface area (Å²) in [4.78, 5) is 24.3. The quantitative estimate of drug-likeness (QED) is 0.705. The molecule has 2 aromatic rings. The van der Waals surface area contributed by atoms with E-state index in [9.17, 15) is 14.7 Å². The largest absolute Gasteiger partial charge is 0.493 e. The minimum atomic E-state index is -0.881. The van der Waals surface area contributed by atoms with Gasteiger partial charge >= 0.3 is 5.97 Å². The van der Waals surface area contributed by atoms with E-state index in [1.165, 1.54) is 11.8 Å². The maximum atomic E-state index is 12.9. The Morgan fingerprint density at radius 3 is 2.67 bits per heavy atom. The number of nitrogens with one attached hydrogen (secondary N) is 2. The Hall–Kier alpha value is -2.25. The van der Waals surface area contributed by atoms with E-state index in [2.05, 4.69) is 10.6 Å². The fraction of sp³-hybridized carbons (Fsp3) is 0.400. The van der Waals surface area contributed by atoms with E-state index >= 15 is 0 Å². The number of benzene rings is 2. The first-order chi connectivity index (χ1) is 12.8. The molecule has 1 aliphatic heterocycles. The van der Waals surface area contributed by atoms with Crippen LogP contribution in [0, 0.1) is 0 Å². The van der Waals surface area contributed by atoms with Crippen LogP contribution < -0.4 is 15.4 Å². The van der Waals surface area contributed by atoms with Crippen molar-refractivity contribution >= 4 is 34.4 Å². The minimum Gasteiger partial charge on any atom is -0.493 e. The summed E-state index contributed by atoms with van der Waals surface area (Å²) < 4.78 is 5.21. The molecule has 3 rings (SSSR count). The molecule has 0 aromatic heterocycles. The van der Waals surface area contributed by atoms with Crippen LogP contribution in [0.25, 0.3) is 10.8 Å². The molecule has 1 heterocycles. The number of hydrogen-bond acceptors (Lipinski definition) is 5. The van der Waals surface area contributed by atoms with Crippen LogP contribution in [0.2, 0.25) is 0 Å². The topological polar surface area (TPSA) is 87.7 Å². The Bertz CT molecular complexity index is 868. The molecule has 6 nitrogen and oxygen atoms in total. The lowest BCUT2D eigenvalue weighted by Gasteiger charge is -2.20. The number of fused-ring (bicyclic) bond motifs is 1. The predicted molar refractivity (Wildman–Crippen MR) is 107 cm³/mol. The van der Waals surface area contributed by atoms with Crippen LogP contribution in [-0.4, -0.2) is 46.3 Å². The fourth-order valence-electron chi connectivity index (χ4n) is 3.36. The van der Waals surface area contributed by atoms with Gasteiger partial charge in [-0.2, -0.15) is 0 Å². The molecule has 0 aliphatic carbocycles. The summed E-state index contributed by atoms with van der Waals surface area (Å²) in [6.45, 7) is 6.45. The van der Waals surface area contributed by atoms with Crippen molar-refractivity contribution in [1.82, 2.24) is 10.6 Å². The van der Waals surface area contributed by atoms with Gasteiger partial charge in [0.1, 0.15) is 11.8 Å². The molecular formula is C20H24N2O4S. The van der Waals surface area contributed by atoms with E-state index in [4.69, 9.17) is 4.74 Å². The molecule has 3 N–H and O–H groups in total. The van der Waals surface area contributed by atoms with Crippen molar-refractivity contribution in [3.05, 3.63) is 42.0 Å². The number of carbonyl (C=O) groups is 2. The van der Waals surface area contributed by atoms with E-state index in [0.29, 0.717) is 24.5 Å². The second-order valence-corrected chi connectivity index (χ2v) is 8.81.